The number of carbonyl (C=O) groups excluding carboxylic acids is 1. The van der Waals surface area contributed by atoms with Crippen LogP contribution in [0, 0.1) is 0 Å². The number of para-hydroxylation sites is 1. The van der Waals surface area contributed by atoms with E-state index < -0.39 is 6.10 Å². The van der Waals surface area contributed by atoms with Gasteiger partial charge >= 0.3 is 0 Å². The molecule has 0 saturated carbocycles. The van der Waals surface area contributed by atoms with Gasteiger partial charge < -0.3 is 15.5 Å². The van der Waals surface area contributed by atoms with E-state index in [1.807, 2.05) is 0 Å². The fraction of sp³-hybridized carbons (Fsp3) is 0.364. The van der Waals surface area contributed by atoms with E-state index in [0.717, 1.165) is 0 Å². The van der Waals surface area contributed by atoms with E-state index in [4.69, 9.17) is 0 Å². The highest BCUT2D eigenvalue weighted by atomic mass is 32.2. The molecule has 0 spiro atoms. The van der Waals surface area contributed by atoms with E-state index in [2.05, 4.69) is 5.32 Å². The molecular weight excluding hydrogens is 226 g/mol. The number of hydrogen-bond donors (Lipinski definition) is 3. The van der Waals surface area contributed by atoms with Gasteiger partial charge in [0.25, 0.3) is 5.91 Å². The van der Waals surface area contributed by atoms with Gasteiger partial charge in [0.15, 0.2) is 0 Å². The Morgan fingerprint density at radius 1 is 1.38 bits per heavy atom. The second kappa shape index (κ2) is 4.76. The largest absolute Gasteiger partial charge is 0.507 e. The van der Waals surface area contributed by atoms with E-state index in [9.17, 15) is 15.0 Å². The zero-order chi connectivity index (χ0) is 11.5. The third kappa shape index (κ3) is 2.31. The summed E-state index contributed by atoms with van der Waals surface area (Å²) in [5.41, 5.74) is 0.242. The molecular formula is C11H13NO3S. The zero-order valence-electron chi connectivity index (χ0n) is 8.59. The molecule has 2 rings (SSSR count). The van der Waals surface area contributed by atoms with Crippen molar-refractivity contribution in [2.24, 2.45) is 0 Å². The minimum absolute atomic E-state index is 0.0415. The molecule has 1 saturated heterocycles. The average molecular weight is 239 g/mol. The molecule has 1 amide bonds. The number of phenols is 1. The Balaban J connectivity index is 2.06. The van der Waals surface area contributed by atoms with E-state index in [1.165, 1.54) is 6.07 Å². The highest BCUT2D eigenvalue weighted by Gasteiger charge is 2.27. The fourth-order valence-corrected chi connectivity index (χ4v) is 2.76. The molecule has 3 N–H and O–H groups in total. The second-order valence-corrected chi connectivity index (χ2v) is 4.78. The van der Waals surface area contributed by atoms with Crippen molar-refractivity contribution in [1.29, 1.82) is 0 Å². The van der Waals surface area contributed by atoms with Crippen LogP contribution in [0.15, 0.2) is 24.3 Å². The Labute approximate surface area is 97.7 Å². The van der Waals surface area contributed by atoms with Crippen molar-refractivity contribution >= 4 is 17.7 Å². The number of phenolic OH excluding ortho intramolecular Hbond substituents is 1. The summed E-state index contributed by atoms with van der Waals surface area (Å²) in [7, 11) is 0. The number of aliphatic hydroxyl groups excluding tert-OH is 1. The van der Waals surface area contributed by atoms with E-state index >= 15 is 0 Å². The lowest BCUT2D eigenvalue weighted by Crippen LogP contribution is -2.42. The maximum absolute atomic E-state index is 11.8. The molecule has 16 heavy (non-hydrogen) atoms. The summed E-state index contributed by atoms with van der Waals surface area (Å²) in [6.07, 6.45) is -0.500. The number of carbonyl (C=O) groups is 1. The van der Waals surface area contributed by atoms with Gasteiger partial charge in [-0.15, -0.1) is 0 Å². The topological polar surface area (TPSA) is 69.6 Å². The smallest absolute Gasteiger partial charge is 0.255 e. The molecule has 86 valence electrons. The van der Waals surface area contributed by atoms with Gasteiger partial charge in [0.1, 0.15) is 5.75 Å². The standard InChI is InChI=1S/C11H13NO3S/c13-9-4-2-1-3-7(9)11(15)12-8-5-16-6-10(8)14/h1-4,8,10,13-14H,5-6H2,(H,12,15). The van der Waals surface area contributed by atoms with Crippen molar-refractivity contribution in [2.45, 2.75) is 12.1 Å². The number of rotatable bonds is 2. The predicted molar refractivity (Wildman–Crippen MR) is 62.7 cm³/mol. The molecule has 1 aliphatic rings. The van der Waals surface area contributed by atoms with Gasteiger partial charge in [0, 0.05) is 11.5 Å². The molecule has 1 heterocycles. The molecule has 1 fully saturated rings. The first-order valence-electron chi connectivity index (χ1n) is 5.03. The van der Waals surface area contributed by atoms with Crippen LogP contribution >= 0.6 is 11.8 Å². The van der Waals surface area contributed by atoms with E-state index in [0.29, 0.717) is 11.5 Å². The van der Waals surface area contributed by atoms with Gasteiger partial charge in [-0.25, -0.2) is 0 Å². The van der Waals surface area contributed by atoms with Crippen LogP contribution in [0.5, 0.6) is 5.75 Å². The normalized spacial score (nSPS) is 24.3. The Morgan fingerprint density at radius 2 is 2.12 bits per heavy atom. The molecule has 2 atom stereocenters. The maximum atomic E-state index is 11.8. The van der Waals surface area contributed by atoms with Gasteiger partial charge in [-0.2, -0.15) is 11.8 Å². The lowest BCUT2D eigenvalue weighted by Gasteiger charge is -2.15. The molecule has 0 radical (unpaired) electrons. The van der Waals surface area contributed by atoms with Gasteiger partial charge in [0.05, 0.1) is 17.7 Å². The first kappa shape index (κ1) is 11.3. The summed E-state index contributed by atoms with van der Waals surface area (Å²) in [5.74, 6) is 0.969. The maximum Gasteiger partial charge on any atom is 0.255 e. The van der Waals surface area contributed by atoms with Crippen LogP contribution in [0.25, 0.3) is 0 Å². The van der Waals surface area contributed by atoms with E-state index in [1.54, 1.807) is 30.0 Å². The third-order valence-corrected chi connectivity index (χ3v) is 3.69. The molecule has 1 aliphatic heterocycles. The van der Waals surface area contributed by atoms with Crippen molar-refractivity contribution < 1.29 is 15.0 Å². The van der Waals surface area contributed by atoms with Gasteiger partial charge in [-0.1, -0.05) is 12.1 Å². The summed E-state index contributed by atoms with van der Waals surface area (Å²) >= 11 is 1.60. The molecule has 5 heteroatoms. The summed E-state index contributed by atoms with van der Waals surface area (Å²) in [6.45, 7) is 0. The number of benzene rings is 1. The number of aromatic hydroxyl groups is 1. The monoisotopic (exact) mass is 239 g/mol. The van der Waals surface area contributed by atoms with Crippen LogP contribution in [0.2, 0.25) is 0 Å². The van der Waals surface area contributed by atoms with Crippen LogP contribution in [-0.4, -0.2) is 39.8 Å². The highest BCUT2D eigenvalue weighted by molar-refractivity contribution is 7.99. The van der Waals surface area contributed by atoms with Gasteiger partial charge in [0.2, 0.25) is 0 Å². The Morgan fingerprint density at radius 3 is 2.75 bits per heavy atom. The minimum atomic E-state index is -0.500. The van der Waals surface area contributed by atoms with Crippen LogP contribution in [-0.2, 0) is 0 Å². The molecule has 2 unspecified atom stereocenters. The molecule has 0 bridgehead atoms. The Bertz CT molecular complexity index is 397. The Kier molecular flexibility index (Phi) is 3.36. The van der Waals surface area contributed by atoms with Crippen molar-refractivity contribution in [3.63, 3.8) is 0 Å². The fourth-order valence-electron chi connectivity index (χ4n) is 1.59. The van der Waals surface area contributed by atoms with Gasteiger partial charge in [-0.3, -0.25) is 4.79 Å². The predicted octanol–water partition coefficient (Wildman–Crippen LogP) is 0.598. The summed E-state index contributed by atoms with van der Waals surface area (Å²) in [4.78, 5) is 11.8. The van der Waals surface area contributed by atoms with Crippen molar-refractivity contribution in [3.05, 3.63) is 29.8 Å². The van der Waals surface area contributed by atoms with Gasteiger partial charge in [-0.05, 0) is 12.1 Å². The number of aliphatic hydroxyl groups is 1. The molecule has 4 nitrogen and oxygen atoms in total. The van der Waals surface area contributed by atoms with Crippen LogP contribution in [0.4, 0.5) is 0 Å². The third-order valence-electron chi connectivity index (χ3n) is 2.52. The molecule has 1 aromatic carbocycles. The van der Waals surface area contributed by atoms with Crippen molar-refractivity contribution in [1.82, 2.24) is 5.32 Å². The van der Waals surface area contributed by atoms with E-state index in [-0.39, 0.29) is 23.3 Å². The average Bonchev–Trinajstić information content (AvgIpc) is 2.65. The van der Waals surface area contributed by atoms with Crippen LogP contribution in [0.1, 0.15) is 10.4 Å². The number of nitrogens with one attached hydrogen (secondary N) is 1. The minimum Gasteiger partial charge on any atom is -0.507 e. The summed E-state index contributed by atoms with van der Waals surface area (Å²) in [5, 5.41) is 21.8. The first-order chi connectivity index (χ1) is 7.68. The lowest BCUT2D eigenvalue weighted by atomic mass is 10.1. The first-order valence-corrected chi connectivity index (χ1v) is 6.18. The van der Waals surface area contributed by atoms with Crippen molar-refractivity contribution in [2.75, 3.05) is 11.5 Å². The van der Waals surface area contributed by atoms with Crippen molar-refractivity contribution in [3.8, 4) is 5.75 Å². The molecule has 0 aromatic heterocycles. The number of thioether (sulfide) groups is 1. The molecule has 1 aromatic rings. The number of hydrogen-bond acceptors (Lipinski definition) is 4. The number of amides is 1. The van der Waals surface area contributed by atoms with Crippen LogP contribution < -0.4 is 5.32 Å². The zero-order valence-corrected chi connectivity index (χ0v) is 9.41. The molecule has 0 aliphatic carbocycles. The SMILES string of the molecule is O=C(NC1CSCC1O)c1ccccc1O. The summed E-state index contributed by atoms with van der Waals surface area (Å²) < 4.78 is 0. The highest BCUT2D eigenvalue weighted by Crippen LogP contribution is 2.20. The second-order valence-electron chi connectivity index (χ2n) is 3.70. The summed E-state index contributed by atoms with van der Waals surface area (Å²) in [6, 6.07) is 6.14. The lowest BCUT2D eigenvalue weighted by molar-refractivity contribution is 0.0886. The Hall–Kier alpha value is -1.20. The quantitative estimate of drug-likeness (QED) is 0.707. The van der Waals surface area contributed by atoms with Crippen LogP contribution in [0.3, 0.4) is 0 Å².